The van der Waals surface area contributed by atoms with Crippen LogP contribution in [0.3, 0.4) is 0 Å². The molecule has 0 aromatic heterocycles. The van der Waals surface area contributed by atoms with E-state index in [0.29, 0.717) is 18.9 Å². The van der Waals surface area contributed by atoms with E-state index < -0.39 is 5.97 Å². The van der Waals surface area contributed by atoms with Crippen LogP contribution in [0.2, 0.25) is 0 Å². The van der Waals surface area contributed by atoms with Gasteiger partial charge in [-0.1, -0.05) is 25.7 Å². The average Bonchev–Trinajstić information content (AvgIpc) is 2.56. The molecule has 0 atom stereocenters. The highest BCUT2D eigenvalue weighted by molar-refractivity contribution is 5.76. The normalized spacial score (nSPS) is 17.1. The van der Waals surface area contributed by atoms with E-state index >= 15 is 0 Å². The summed E-state index contributed by atoms with van der Waals surface area (Å²) in [5.74, 6) is -0.409. The third-order valence-electron chi connectivity index (χ3n) is 3.24. The second-order valence-electron chi connectivity index (χ2n) is 4.86. The van der Waals surface area contributed by atoms with E-state index in [1.54, 1.807) is 0 Å². The molecular weight excluding hydrogens is 234 g/mol. The Hall–Kier alpha value is -1.10. The first kappa shape index (κ1) is 15.0. The molecule has 0 aliphatic heterocycles. The van der Waals surface area contributed by atoms with Crippen molar-refractivity contribution in [1.29, 1.82) is 0 Å². The van der Waals surface area contributed by atoms with Crippen LogP contribution >= 0.6 is 0 Å². The van der Waals surface area contributed by atoms with Crippen LogP contribution in [0.1, 0.15) is 44.9 Å². The minimum Gasteiger partial charge on any atom is -0.480 e. The summed E-state index contributed by atoms with van der Waals surface area (Å²) in [5.41, 5.74) is 0. The monoisotopic (exact) mass is 257 g/mol. The number of rotatable bonds is 7. The zero-order valence-electron chi connectivity index (χ0n) is 10.8. The SMILES string of the molecule is O=C(O)COCCNC(=O)CC1CCCCCC1. The molecule has 0 bridgehead atoms. The van der Waals surface area contributed by atoms with Gasteiger partial charge in [-0.25, -0.2) is 4.79 Å². The number of carbonyl (C=O) groups is 2. The Labute approximate surface area is 108 Å². The molecule has 0 spiro atoms. The van der Waals surface area contributed by atoms with Gasteiger partial charge in [0.05, 0.1) is 6.61 Å². The van der Waals surface area contributed by atoms with Crippen molar-refractivity contribution in [3.8, 4) is 0 Å². The van der Waals surface area contributed by atoms with Crippen molar-refractivity contribution in [2.24, 2.45) is 5.92 Å². The molecule has 18 heavy (non-hydrogen) atoms. The Morgan fingerprint density at radius 3 is 2.44 bits per heavy atom. The third kappa shape index (κ3) is 7.27. The van der Waals surface area contributed by atoms with Crippen LogP contribution in [0, 0.1) is 5.92 Å². The molecule has 0 radical (unpaired) electrons. The van der Waals surface area contributed by atoms with Crippen LogP contribution in [0.15, 0.2) is 0 Å². The van der Waals surface area contributed by atoms with Gasteiger partial charge in [0.1, 0.15) is 6.61 Å². The molecular formula is C13H23NO4. The maximum absolute atomic E-state index is 11.6. The summed E-state index contributed by atoms with van der Waals surface area (Å²) in [4.78, 5) is 21.8. The lowest BCUT2D eigenvalue weighted by molar-refractivity contribution is -0.142. The van der Waals surface area contributed by atoms with E-state index in [4.69, 9.17) is 9.84 Å². The van der Waals surface area contributed by atoms with Crippen LogP contribution in [-0.4, -0.2) is 36.7 Å². The van der Waals surface area contributed by atoms with Gasteiger partial charge in [-0.3, -0.25) is 4.79 Å². The topological polar surface area (TPSA) is 75.6 Å². The largest absolute Gasteiger partial charge is 0.480 e. The van der Waals surface area contributed by atoms with Crippen molar-refractivity contribution in [1.82, 2.24) is 5.32 Å². The number of hydrogen-bond acceptors (Lipinski definition) is 3. The molecule has 1 aliphatic rings. The van der Waals surface area contributed by atoms with Gasteiger partial charge in [0.25, 0.3) is 0 Å². The first-order valence-corrected chi connectivity index (χ1v) is 6.74. The lowest BCUT2D eigenvalue weighted by atomic mass is 9.96. The number of carboxylic acids is 1. The Kier molecular flexibility index (Phi) is 7.41. The Balaban J connectivity index is 2.03. The molecule has 0 heterocycles. The second kappa shape index (κ2) is 8.91. The third-order valence-corrected chi connectivity index (χ3v) is 3.24. The minimum absolute atomic E-state index is 0.0563. The molecule has 1 fully saturated rings. The second-order valence-corrected chi connectivity index (χ2v) is 4.86. The zero-order valence-corrected chi connectivity index (χ0v) is 10.8. The summed E-state index contributed by atoms with van der Waals surface area (Å²) >= 11 is 0. The summed E-state index contributed by atoms with van der Waals surface area (Å²) in [6, 6.07) is 0. The molecule has 5 heteroatoms. The van der Waals surface area contributed by atoms with Gasteiger partial charge in [0.2, 0.25) is 5.91 Å². The average molecular weight is 257 g/mol. The molecule has 1 rings (SSSR count). The van der Waals surface area contributed by atoms with Crippen LogP contribution < -0.4 is 5.32 Å². The van der Waals surface area contributed by atoms with E-state index in [2.05, 4.69) is 5.32 Å². The van der Waals surface area contributed by atoms with Crippen LogP contribution in [-0.2, 0) is 14.3 Å². The smallest absolute Gasteiger partial charge is 0.329 e. The van der Waals surface area contributed by atoms with E-state index in [1.165, 1.54) is 25.7 Å². The Bertz CT molecular complexity index is 260. The van der Waals surface area contributed by atoms with Gasteiger partial charge in [0.15, 0.2) is 0 Å². The summed E-state index contributed by atoms with van der Waals surface area (Å²) < 4.78 is 4.84. The number of ether oxygens (including phenoxy) is 1. The lowest BCUT2D eigenvalue weighted by Crippen LogP contribution is -2.29. The van der Waals surface area contributed by atoms with E-state index in [0.717, 1.165) is 12.8 Å². The minimum atomic E-state index is -0.986. The summed E-state index contributed by atoms with van der Waals surface area (Å²) in [5, 5.41) is 11.1. The highest BCUT2D eigenvalue weighted by Crippen LogP contribution is 2.25. The molecule has 104 valence electrons. The number of carbonyl (C=O) groups excluding carboxylic acids is 1. The summed E-state index contributed by atoms with van der Waals surface area (Å²) in [6.07, 6.45) is 7.96. The van der Waals surface area contributed by atoms with E-state index in [9.17, 15) is 9.59 Å². The zero-order chi connectivity index (χ0) is 13.2. The standard InChI is InChI=1S/C13H23NO4/c15-12(14-7-8-18-10-13(16)17)9-11-5-3-1-2-4-6-11/h11H,1-10H2,(H,14,15)(H,16,17). The Morgan fingerprint density at radius 2 is 1.83 bits per heavy atom. The van der Waals surface area contributed by atoms with Gasteiger partial charge >= 0.3 is 5.97 Å². The van der Waals surface area contributed by atoms with Gasteiger partial charge in [-0.2, -0.15) is 0 Å². The molecule has 1 aliphatic carbocycles. The molecule has 1 amide bonds. The molecule has 2 N–H and O–H groups in total. The molecule has 0 saturated heterocycles. The predicted molar refractivity (Wildman–Crippen MR) is 67.3 cm³/mol. The van der Waals surface area contributed by atoms with Crippen LogP contribution in [0.5, 0.6) is 0 Å². The number of carboxylic acid groups (broad SMARTS) is 1. The highest BCUT2D eigenvalue weighted by Gasteiger charge is 2.15. The lowest BCUT2D eigenvalue weighted by Gasteiger charge is -2.13. The fourth-order valence-corrected chi connectivity index (χ4v) is 2.32. The number of aliphatic carboxylic acids is 1. The predicted octanol–water partition coefficient (Wildman–Crippen LogP) is 1.56. The molecule has 0 unspecified atom stereocenters. The van der Waals surface area contributed by atoms with Crippen molar-refractivity contribution < 1.29 is 19.4 Å². The van der Waals surface area contributed by atoms with Crippen molar-refractivity contribution in [2.75, 3.05) is 19.8 Å². The highest BCUT2D eigenvalue weighted by atomic mass is 16.5. The number of hydrogen-bond donors (Lipinski definition) is 2. The van der Waals surface area contributed by atoms with Crippen molar-refractivity contribution in [3.05, 3.63) is 0 Å². The van der Waals surface area contributed by atoms with E-state index in [-0.39, 0.29) is 19.1 Å². The van der Waals surface area contributed by atoms with Gasteiger partial charge in [0, 0.05) is 13.0 Å². The summed E-state index contributed by atoms with van der Waals surface area (Å²) in [7, 11) is 0. The molecule has 0 aromatic carbocycles. The van der Waals surface area contributed by atoms with Gasteiger partial charge in [-0.15, -0.1) is 0 Å². The van der Waals surface area contributed by atoms with Gasteiger partial charge in [-0.05, 0) is 18.8 Å². The van der Waals surface area contributed by atoms with E-state index in [1.807, 2.05) is 0 Å². The molecule has 5 nitrogen and oxygen atoms in total. The summed E-state index contributed by atoms with van der Waals surface area (Å²) in [6.45, 7) is 0.333. The molecule has 1 saturated carbocycles. The van der Waals surface area contributed by atoms with Crippen molar-refractivity contribution >= 4 is 11.9 Å². The first-order chi connectivity index (χ1) is 8.68. The fraction of sp³-hybridized carbons (Fsp3) is 0.846. The Morgan fingerprint density at radius 1 is 1.17 bits per heavy atom. The van der Waals surface area contributed by atoms with Crippen molar-refractivity contribution in [3.63, 3.8) is 0 Å². The van der Waals surface area contributed by atoms with Crippen LogP contribution in [0.25, 0.3) is 0 Å². The fourth-order valence-electron chi connectivity index (χ4n) is 2.32. The van der Waals surface area contributed by atoms with Crippen LogP contribution in [0.4, 0.5) is 0 Å². The first-order valence-electron chi connectivity index (χ1n) is 6.74. The maximum Gasteiger partial charge on any atom is 0.329 e. The quantitative estimate of drug-likeness (QED) is 0.536. The van der Waals surface area contributed by atoms with Crippen molar-refractivity contribution in [2.45, 2.75) is 44.9 Å². The number of amides is 1. The number of nitrogens with one attached hydrogen (secondary N) is 1. The maximum atomic E-state index is 11.6. The molecule has 0 aromatic rings. The van der Waals surface area contributed by atoms with Gasteiger partial charge < -0.3 is 15.2 Å².